The number of halogens is 1. The highest BCUT2D eigenvalue weighted by Gasteiger charge is 2.21. The van der Waals surface area contributed by atoms with Gasteiger partial charge in [-0.3, -0.25) is 4.79 Å². The van der Waals surface area contributed by atoms with Crippen LogP contribution in [0.25, 0.3) is 0 Å². The minimum absolute atomic E-state index is 0.166. The quantitative estimate of drug-likeness (QED) is 0.698. The highest BCUT2D eigenvalue weighted by Crippen LogP contribution is 2.23. The highest BCUT2D eigenvalue weighted by atomic mass is 19.1. The van der Waals surface area contributed by atoms with Gasteiger partial charge < -0.3 is 15.0 Å². The molecule has 142 valence electrons. The van der Waals surface area contributed by atoms with Crippen LogP contribution >= 0.6 is 0 Å². The minimum Gasteiger partial charge on any atom is -0.439 e. The molecule has 1 N–H and O–H groups in total. The van der Waals surface area contributed by atoms with Crippen LogP contribution in [0.2, 0.25) is 0 Å². The number of ether oxygens (including phenoxy) is 1. The van der Waals surface area contributed by atoms with E-state index in [0.29, 0.717) is 30.5 Å². The lowest BCUT2D eigenvalue weighted by molar-refractivity contribution is -0.117. The van der Waals surface area contributed by atoms with Crippen molar-refractivity contribution in [3.05, 3.63) is 72.2 Å². The Labute approximate surface area is 162 Å². The molecule has 1 saturated heterocycles. The van der Waals surface area contributed by atoms with Crippen molar-refractivity contribution < 1.29 is 13.9 Å². The fourth-order valence-corrected chi connectivity index (χ4v) is 3.04. The smallest absolute Gasteiger partial charge is 0.227 e. The van der Waals surface area contributed by atoms with Gasteiger partial charge in [-0.25, -0.2) is 9.37 Å². The van der Waals surface area contributed by atoms with Gasteiger partial charge in [-0.15, -0.1) is 0 Å². The maximum Gasteiger partial charge on any atom is 0.227 e. The van der Waals surface area contributed by atoms with Crippen LogP contribution in [0.1, 0.15) is 18.4 Å². The number of hydrogen-bond acceptors (Lipinski definition) is 5. The van der Waals surface area contributed by atoms with Gasteiger partial charge in [-0.05, 0) is 48.4 Å². The van der Waals surface area contributed by atoms with Gasteiger partial charge in [0.2, 0.25) is 17.7 Å². The Hall–Kier alpha value is -3.48. The van der Waals surface area contributed by atoms with Crippen LogP contribution in [0.5, 0.6) is 11.6 Å². The number of rotatable bonds is 6. The highest BCUT2D eigenvalue weighted by molar-refractivity contribution is 5.95. The van der Waals surface area contributed by atoms with Crippen molar-refractivity contribution in [3.63, 3.8) is 0 Å². The van der Waals surface area contributed by atoms with Gasteiger partial charge in [-0.1, -0.05) is 12.1 Å². The third kappa shape index (κ3) is 4.25. The van der Waals surface area contributed by atoms with Crippen LogP contribution in [-0.2, 0) is 11.3 Å². The normalized spacial score (nSPS) is 13.6. The Kier molecular flexibility index (Phi) is 5.14. The first-order chi connectivity index (χ1) is 13.7. The molecular weight excluding hydrogens is 359 g/mol. The molecule has 0 radical (unpaired) electrons. The molecule has 28 heavy (non-hydrogen) atoms. The topological polar surface area (TPSA) is 67.4 Å². The van der Waals surface area contributed by atoms with Crippen molar-refractivity contribution in [2.75, 3.05) is 16.8 Å². The van der Waals surface area contributed by atoms with E-state index in [9.17, 15) is 9.18 Å². The number of nitrogens with one attached hydrogen (secondary N) is 1. The van der Waals surface area contributed by atoms with Crippen LogP contribution in [0, 0.1) is 5.82 Å². The van der Waals surface area contributed by atoms with Crippen molar-refractivity contribution >= 4 is 17.5 Å². The van der Waals surface area contributed by atoms with Gasteiger partial charge >= 0.3 is 0 Å². The van der Waals surface area contributed by atoms with Crippen molar-refractivity contribution in [1.82, 2.24) is 9.97 Å². The first-order valence-corrected chi connectivity index (χ1v) is 9.07. The fraction of sp³-hybridized carbons (Fsp3) is 0.190. The molecule has 0 unspecified atom stereocenters. The summed E-state index contributed by atoms with van der Waals surface area (Å²) in [7, 11) is 0. The van der Waals surface area contributed by atoms with Crippen LogP contribution in [0.3, 0.4) is 0 Å². The van der Waals surface area contributed by atoms with Crippen LogP contribution < -0.4 is 15.0 Å². The Morgan fingerprint density at radius 3 is 2.79 bits per heavy atom. The molecule has 4 rings (SSSR count). The fourth-order valence-electron chi connectivity index (χ4n) is 3.04. The molecule has 0 aliphatic carbocycles. The SMILES string of the molecule is O=C1CCCN1c1cccc(CNc2nccc(Oc3ccc(F)cc3)n2)c1. The Morgan fingerprint density at radius 2 is 2.00 bits per heavy atom. The third-order valence-corrected chi connectivity index (χ3v) is 4.41. The zero-order valence-corrected chi connectivity index (χ0v) is 15.1. The molecular formula is C21H19FN4O2. The predicted molar refractivity (Wildman–Crippen MR) is 104 cm³/mol. The summed E-state index contributed by atoms with van der Waals surface area (Å²) in [6, 6.07) is 15.2. The lowest BCUT2D eigenvalue weighted by Gasteiger charge is -2.16. The van der Waals surface area contributed by atoms with E-state index in [4.69, 9.17) is 4.74 Å². The Bertz CT molecular complexity index is 978. The van der Waals surface area contributed by atoms with E-state index in [1.165, 1.54) is 24.3 Å². The van der Waals surface area contributed by atoms with E-state index in [1.54, 1.807) is 12.3 Å². The molecule has 1 aliphatic heterocycles. The second-order valence-corrected chi connectivity index (χ2v) is 6.45. The zero-order chi connectivity index (χ0) is 19.3. The lowest BCUT2D eigenvalue weighted by atomic mass is 10.2. The molecule has 0 saturated carbocycles. The van der Waals surface area contributed by atoms with E-state index in [-0.39, 0.29) is 11.7 Å². The predicted octanol–water partition coefficient (Wildman–Crippen LogP) is 4.15. The largest absolute Gasteiger partial charge is 0.439 e. The number of anilines is 2. The van der Waals surface area contributed by atoms with Gasteiger partial charge in [0.15, 0.2) is 0 Å². The van der Waals surface area contributed by atoms with E-state index >= 15 is 0 Å². The van der Waals surface area contributed by atoms with Gasteiger partial charge in [0.1, 0.15) is 11.6 Å². The summed E-state index contributed by atoms with van der Waals surface area (Å²) in [4.78, 5) is 22.3. The van der Waals surface area contributed by atoms with Crippen LogP contribution in [0.4, 0.5) is 16.0 Å². The maximum absolute atomic E-state index is 13.0. The van der Waals surface area contributed by atoms with E-state index in [0.717, 1.165) is 24.2 Å². The molecule has 6 nitrogen and oxygen atoms in total. The first kappa shape index (κ1) is 17.9. The summed E-state index contributed by atoms with van der Waals surface area (Å²) in [5.41, 5.74) is 1.93. The van der Waals surface area contributed by atoms with Gasteiger partial charge in [0, 0.05) is 37.5 Å². The van der Waals surface area contributed by atoms with Crippen molar-refractivity contribution in [3.8, 4) is 11.6 Å². The van der Waals surface area contributed by atoms with Crippen molar-refractivity contribution in [2.24, 2.45) is 0 Å². The molecule has 1 aromatic heterocycles. The number of benzene rings is 2. The van der Waals surface area contributed by atoms with Gasteiger partial charge in [0.25, 0.3) is 0 Å². The molecule has 1 amide bonds. The molecule has 2 heterocycles. The number of carbonyl (C=O) groups is 1. The standard InChI is InChI=1S/C21H19FN4O2/c22-16-6-8-18(9-7-16)28-19-10-11-23-21(25-19)24-14-15-3-1-4-17(13-15)26-12-2-5-20(26)27/h1,3-4,6-11,13H,2,5,12,14H2,(H,23,24,25). The zero-order valence-electron chi connectivity index (χ0n) is 15.1. The second kappa shape index (κ2) is 8.04. The number of amides is 1. The molecule has 1 fully saturated rings. The summed E-state index contributed by atoms with van der Waals surface area (Å²) in [6.45, 7) is 1.28. The monoisotopic (exact) mass is 378 g/mol. The Balaban J connectivity index is 1.41. The Morgan fingerprint density at radius 1 is 1.14 bits per heavy atom. The summed E-state index contributed by atoms with van der Waals surface area (Å²) in [5, 5.41) is 3.16. The molecule has 0 atom stereocenters. The average molecular weight is 378 g/mol. The summed E-state index contributed by atoms with van der Waals surface area (Å²) >= 11 is 0. The number of hydrogen-bond donors (Lipinski definition) is 1. The molecule has 0 bridgehead atoms. The van der Waals surface area contributed by atoms with Gasteiger partial charge in [-0.2, -0.15) is 4.98 Å². The van der Waals surface area contributed by atoms with E-state index < -0.39 is 0 Å². The van der Waals surface area contributed by atoms with Gasteiger partial charge in [0.05, 0.1) is 0 Å². The average Bonchev–Trinajstić information content (AvgIpc) is 3.15. The summed E-state index contributed by atoms with van der Waals surface area (Å²) in [6.07, 6.45) is 3.10. The van der Waals surface area contributed by atoms with Crippen molar-refractivity contribution in [2.45, 2.75) is 19.4 Å². The first-order valence-electron chi connectivity index (χ1n) is 9.07. The molecule has 2 aromatic carbocycles. The van der Waals surface area contributed by atoms with Crippen LogP contribution in [-0.4, -0.2) is 22.4 Å². The van der Waals surface area contributed by atoms with Crippen molar-refractivity contribution in [1.29, 1.82) is 0 Å². The molecule has 7 heteroatoms. The summed E-state index contributed by atoms with van der Waals surface area (Å²) < 4.78 is 18.6. The molecule has 3 aromatic rings. The number of carbonyl (C=O) groups excluding carboxylic acids is 1. The summed E-state index contributed by atoms with van der Waals surface area (Å²) in [5.74, 6) is 1.12. The third-order valence-electron chi connectivity index (χ3n) is 4.41. The van der Waals surface area contributed by atoms with Crippen LogP contribution in [0.15, 0.2) is 60.8 Å². The minimum atomic E-state index is -0.324. The van der Waals surface area contributed by atoms with E-state index in [1.807, 2.05) is 29.2 Å². The number of nitrogens with zero attached hydrogens (tertiary/aromatic N) is 3. The van der Waals surface area contributed by atoms with E-state index in [2.05, 4.69) is 15.3 Å². The lowest BCUT2D eigenvalue weighted by Crippen LogP contribution is -2.23. The molecule has 1 aliphatic rings. The maximum atomic E-state index is 13.0. The number of aromatic nitrogens is 2. The second-order valence-electron chi connectivity index (χ2n) is 6.45. The molecule has 0 spiro atoms.